The second kappa shape index (κ2) is 4.06. The van der Waals surface area contributed by atoms with Crippen LogP contribution >= 0.6 is 15.9 Å². The molecule has 0 aliphatic rings. The maximum atomic E-state index is 5.48. The maximum absolute atomic E-state index is 5.48. The van der Waals surface area contributed by atoms with Crippen molar-refractivity contribution in [2.75, 3.05) is 6.54 Å². The summed E-state index contributed by atoms with van der Waals surface area (Å²) >= 11 is 3.53. The van der Waals surface area contributed by atoms with Gasteiger partial charge in [-0.25, -0.2) is 0 Å². The Kier molecular flexibility index (Phi) is 3.29. The number of aryl methyl sites for hydroxylation is 1. The Labute approximate surface area is 82.1 Å². The van der Waals surface area contributed by atoms with E-state index in [0.717, 1.165) is 13.0 Å². The third-order valence-electron chi connectivity index (χ3n) is 2.10. The minimum Gasteiger partial charge on any atom is -0.330 e. The predicted octanol–water partition coefficient (Wildman–Crippen LogP) is 2.57. The fraction of sp³-hybridized carbons (Fsp3) is 0.400. The van der Waals surface area contributed by atoms with Gasteiger partial charge in [0, 0.05) is 4.47 Å². The van der Waals surface area contributed by atoms with Crippen LogP contribution in [0.5, 0.6) is 0 Å². The molecule has 2 heteroatoms. The van der Waals surface area contributed by atoms with Crippen molar-refractivity contribution in [2.45, 2.75) is 20.3 Å². The Morgan fingerprint density at radius 3 is 2.50 bits per heavy atom. The molecule has 0 aromatic heterocycles. The molecule has 66 valence electrons. The molecular formula is C10H14BrN. The lowest BCUT2D eigenvalue weighted by molar-refractivity contribution is 0.963. The minimum atomic E-state index is 0.717. The Hall–Kier alpha value is -0.340. The summed E-state index contributed by atoms with van der Waals surface area (Å²) in [6, 6.07) is 4.35. The average Bonchev–Trinajstić information content (AvgIpc) is 2.01. The summed E-state index contributed by atoms with van der Waals surface area (Å²) < 4.78 is 1.19. The molecule has 1 aromatic rings. The van der Waals surface area contributed by atoms with Crippen molar-refractivity contribution in [1.82, 2.24) is 0 Å². The first-order valence-electron chi connectivity index (χ1n) is 4.11. The van der Waals surface area contributed by atoms with Gasteiger partial charge < -0.3 is 5.73 Å². The van der Waals surface area contributed by atoms with Crippen LogP contribution in [0.2, 0.25) is 0 Å². The second-order valence-corrected chi connectivity index (χ2v) is 3.91. The summed E-state index contributed by atoms with van der Waals surface area (Å²) in [6.45, 7) is 4.96. The zero-order valence-electron chi connectivity index (χ0n) is 7.52. The highest BCUT2D eigenvalue weighted by atomic mass is 79.9. The van der Waals surface area contributed by atoms with Gasteiger partial charge in [-0.15, -0.1) is 0 Å². The molecule has 0 radical (unpaired) electrons. The van der Waals surface area contributed by atoms with Crippen molar-refractivity contribution in [3.8, 4) is 0 Å². The van der Waals surface area contributed by atoms with E-state index >= 15 is 0 Å². The van der Waals surface area contributed by atoms with Crippen LogP contribution in [0.25, 0.3) is 0 Å². The molecule has 1 nitrogen and oxygen atoms in total. The van der Waals surface area contributed by atoms with E-state index in [1.807, 2.05) is 0 Å². The molecule has 12 heavy (non-hydrogen) atoms. The first-order chi connectivity index (χ1) is 5.65. The van der Waals surface area contributed by atoms with E-state index in [9.17, 15) is 0 Å². The van der Waals surface area contributed by atoms with Gasteiger partial charge in [0.2, 0.25) is 0 Å². The predicted molar refractivity (Wildman–Crippen MR) is 56.4 cm³/mol. The van der Waals surface area contributed by atoms with Gasteiger partial charge in [-0.05, 0) is 49.6 Å². The highest BCUT2D eigenvalue weighted by Crippen LogP contribution is 2.21. The van der Waals surface area contributed by atoms with Crippen molar-refractivity contribution < 1.29 is 0 Å². The normalized spacial score (nSPS) is 10.3. The molecule has 0 saturated heterocycles. The highest BCUT2D eigenvalue weighted by Gasteiger charge is 2.00. The van der Waals surface area contributed by atoms with Gasteiger partial charge in [0.15, 0.2) is 0 Å². The van der Waals surface area contributed by atoms with Crippen LogP contribution < -0.4 is 5.73 Å². The highest BCUT2D eigenvalue weighted by molar-refractivity contribution is 9.10. The van der Waals surface area contributed by atoms with E-state index in [2.05, 4.69) is 41.9 Å². The van der Waals surface area contributed by atoms with Gasteiger partial charge in [0.25, 0.3) is 0 Å². The van der Waals surface area contributed by atoms with Crippen LogP contribution in [0.3, 0.4) is 0 Å². The molecule has 0 spiro atoms. The lowest BCUT2D eigenvalue weighted by atomic mass is 10.0. The van der Waals surface area contributed by atoms with Gasteiger partial charge in [-0.1, -0.05) is 22.0 Å². The Bertz CT molecular complexity index is 258. The molecular weight excluding hydrogens is 214 g/mol. The third kappa shape index (κ3) is 2.08. The van der Waals surface area contributed by atoms with Crippen molar-refractivity contribution in [3.63, 3.8) is 0 Å². The van der Waals surface area contributed by atoms with Crippen molar-refractivity contribution in [3.05, 3.63) is 33.3 Å². The van der Waals surface area contributed by atoms with Crippen LogP contribution in [-0.4, -0.2) is 6.54 Å². The third-order valence-corrected chi connectivity index (χ3v) is 2.92. The van der Waals surface area contributed by atoms with Crippen LogP contribution in [0.1, 0.15) is 16.7 Å². The number of nitrogens with two attached hydrogens (primary N) is 1. The SMILES string of the molecule is Cc1cc(CCN)cc(Br)c1C. The zero-order valence-corrected chi connectivity index (χ0v) is 9.11. The fourth-order valence-corrected chi connectivity index (χ4v) is 1.81. The average molecular weight is 228 g/mol. The molecule has 0 aliphatic carbocycles. The number of rotatable bonds is 2. The summed E-state index contributed by atoms with van der Waals surface area (Å²) in [4.78, 5) is 0. The van der Waals surface area contributed by atoms with E-state index in [0.29, 0.717) is 0 Å². The first-order valence-corrected chi connectivity index (χ1v) is 4.90. The largest absolute Gasteiger partial charge is 0.330 e. The smallest absolute Gasteiger partial charge is 0.0209 e. The summed E-state index contributed by atoms with van der Waals surface area (Å²) in [7, 11) is 0. The van der Waals surface area contributed by atoms with Gasteiger partial charge >= 0.3 is 0 Å². The minimum absolute atomic E-state index is 0.717. The second-order valence-electron chi connectivity index (χ2n) is 3.06. The van der Waals surface area contributed by atoms with Crippen molar-refractivity contribution in [1.29, 1.82) is 0 Å². The van der Waals surface area contributed by atoms with E-state index < -0.39 is 0 Å². The Morgan fingerprint density at radius 2 is 2.00 bits per heavy atom. The number of halogens is 1. The van der Waals surface area contributed by atoms with E-state index in [4.69, 9.17) is 5.73 Å². The standard InChI is InChI=1S/C10H14BrN/c1-7-5-9(3-4-12)6-10(11)8(7)2/h5-6H,3-4,12H2,1-2H3. The van der Waals surface area contributed by atoms with Crippen molar-refractivity contribution in [2.24, 2.45) is 5.73 Å². The van der Waals surface area contributed by atoms with E-state index in [1.165, 1.54) is 21.2 Å². The molecule has 0 bridgehead atoms. The summed E-state index contributed by atoms with van der Waals surface area (Å²) in [5.74, 6) is 0. The molecule has 0 atom stereocenters. The van der Waals surface area contributed by atoms with Gasteiger partial charge in [0.05, 0.1) is 0 Å². The first kappa shape index (κ1) is 9.75. The summed E-state index contributed by atoms with van der Waals surface area (Å²) in [5.41, 5.74) is 9.44. The van der Waals surface area contributed by atoms with Gasteiger partial charge in [-0.2, -0.15) is 0 Å². The summed E-state index contributed by atoms with van der Waals surface area (Å²) in [6.07, 6.45) is 0.958. The van der Waals surface area contributed by atoms with E-state index in [1.54, 1.807) is 0 Å². The zero-order chi connectivity index (χ0) is 9.14. The van der Waals surface area contributed by atoms with Crippen LogP contribution in [0.4, 0.5) is 0 Å². The van der Waals surface area contributed by atoms with Gasteiger partial charge in [-0.3, -0.25) is 0 Å². The number of hydrogen-bond donors (Lipinski definition) is 1. The lowest BCUT2D eigenvalue weighted by Crippen LogP contribution is -2.03. The molecule has 0 aliphatic heterocycles. The monoisotopic (exact) mass is 227 g/mol. The van der Waals surface area contributed by atoms with Gasteiger partial charge in [0.1, 0.15) is 0 Å². The Balaban J connectivity index is 3.04. The van der Waals surface area contributed by atoms with Crippen LogP contribution in [-0.2, 0) is 6.42 Å². The number of benzene rings is 1. The molecule has 2 N–H and O–H groups in total. The van der Waals surface area contributed by atoms with Crippen molar-refractivity contribution >= 4 is 15.9 Å². The quantitative estimate of drug-likeness (QED) is 0.827. The molecule has 0 fully saturated rings. The molecule has 0 unspecified atom stereocenters. The molecule has 1 rings (SSSR count). The van der Waals surface area contributed by atoms with E-state index in [-0.39, 0.29) is 0 Å². The summed E-state index contributed by atoms with van der Waals surface area (Å²) in [5, 5.41) is 0. The molecule has 0 saturated carbocycles. The maximum Gasteiger partial charge on any atom is 0.0209 e. The molecule has 0 heterocycles. The molecule has 0 amide bonds. The number of hydrogen-bond acceptors (Lipinski definition) is 1. The van der Waals surface area contributed by atoms with Crippen LogP contribution in [0.15, 0.2) is 16.6 Å². The Morgan fingerprint density at radius 1 is 1.33 bits per heavy atom. The van der Waals surface area contributed by atoms with Crippen LogP contribution in [0, 0.1) is 13.8 Å². The molecule has 1 aromatic carbocycles. The fourth-order valence-electron chi connectivity index (χ4n) is 1.20. The topological polar surface area (TPSA) is 26.0 Å². The lowest BCUT2D eigenvalue weighted by Gasteiger charge is -2.06.